The number of fused-ring (bicyclic) bond motifs is 2. The molecule has 2 aliphatic heterocycles. The third kappa shape index (κ3) is 4.01. The third-order valence-corrected chi connectivity index (χ3v) is 7.12. The van der Waals surface area contributed by atoms with Crippen LogP contribution in [0.1, 0.15) is 50.8 Å². The molecule has 0 atom stereocenters. The first-order valence-corrected chi connectivity index (χ1v) is 11.9. The van der Waals surface area contributed by atoms with E-state index in [4.69, 9.17) is 9.47 Å². The second-order valence-corrected chi connectivity index (χ2v) is 11.2. The number of ether oxygens (including phenoxy) is 2. The summed E-state index contributed by atoms with van der Waals surface area (Å²) in [5.41, 5.74) is 3.22. The van der Waals surface area contributed by atoms with Crippen LogP contribution < -0.4 is 9.47 Å². The summed E-state index contributed by atoms with van der Waals surface area (Å²) in [6.07, 6.45) is 3.16. The fourth-order valence-corrected chi connectivity index (χ4v) is 5.17. The van der Waals surface area contributed by atoms with Crippen molar-refractivity contribution < 1.29 is 17.9 Å². The molecule has 0 radical (unpaired) electrons. The first-order chi connectivity index (χ1) is 13.4. The van der Waals surface area contributed by atoms with Gasteiger partial charge in [0.25, 0.3) is 0 Å². The molecule has 5 nitrogen and oxygen atoms in total. The van der Waals surface area contributed by atoms with Crippen LogP contribution in [0.2, 0.25) is 0 Å². The lowest BCUT2D eigenvalue weighted by molar-refractivity contribution is -0.0431. The van der Waals surface area contributed by atoms with Gasteiger partial charge in [-0.2, -0.15) is 0 Å². The van der Waals surface area contributed by atoms with E-state index in [0.717, 1.165) is 42.0 Å². The predicted octanol–water partition coefficient (Wildman–Crippen LogP) is 4.32. The van der Waals surface area contributed by atoms with E-state index in [2.05, 4.69) is 30.9 Å². The number of benzene rings is 2. The van der Waals surface area contributed by atoms with Crippen LogP contribution >= 0.6 is 0 Å². The van der Waals surface area contributed by atoms with Gasteiger partial charge in [-0.15, -0.1) is 0 Å². The number of hydrogen-bond donors (Lipinski definition) is 0. The van der Waals surface area contributed by atoms with E-state index in [1.54, 1.807) is 6.07 Å². The van der Waals surface area contributed by atoms with Gasteiger partial charge in [-0.3, -0.25) is 4.90 Å². The van der Waals surface area contributed by atoms with Crippen LogP contribution in [0.25, 0.3) is 0 Å². The summed E-state index contributed by atoms with van der Waals surface area (Å²) in [5, 5.41) is 0. The zero-order valence-electron chi connectivity index (χ0n) is 17.8. The average Bonchev–Trinajstić information content (AvgIpc) is 3.18. The minimum absolute atomic E-state index is 0.0660. The van der Waals surface area contributed by atoms with Crippen molar-refractivity contribution in [2.24, 2.45) is 0 Å². The molecule has 0 aliphatic carbocycles. The molecule has 0 amide bonds. The monoisotopic (exact) mass is 415 g/mol. The molecule has 29 heavy (non-hydrogen) atoms. The van der Waals surface area contributed by atoms with Crippen LogP contribution in [0, 0.1) is 0 Å². The van der Waals surface area contributed by atoms with Crippen molar-refractivity contribution in [2.45, 2.75) is 69.8 Å². The van der Waals surface area contributed by atoms with Crippen molar-refractivity contribution in [3.8, 4) is 11.5 Å². The number of sulfone groups is 1. The Balaban J connectivity index is 1.47. The van der Waals surface area contributed by atoms with Gasteiger partial charge in [-0.1, -0.05) is 18.2 Å². The lowest BCUT2D eigenvalue weighted by Crippen LogP contribution is -2.40. The van der Waals surface area contributed by atoms with Gasteiger partial charge in [0.1, 0.15) is 0 Å². The second kappa shape index (κ2) is 6.74. The Morgan fingerprint density at radius 3 is 2.52 bits per heavy atom. The molecule has 2 aliphatic rings. The maximum Gasteiger partial charge on any atom is 0.246 e. The summed E-state index contributed by atoms with van der Waals surface area (Å²) >= 11 is 0. The maximum absolute atomic E-state index is 12.2. The number of nitrogens with zero attached hydrogens (tertiary/aromatic N) is 1. The Kier molecular flexibility index (Phi) is 4.70. The quantitative estimate of drug-likeness (QED) is 0.728. The third-order valence-electron chi connectivity index (χ3n) is 5.94. The van der Waals surface area contributed by atoms with E-state index in [1.165, 1.54) is 11.8 Å². The lowest BCUT2D eigenvalue weighted by Gasteiger charge is -2.35. The van der Waals surface area contributed by atoms with Crippen molar-refractivity contribution in [3.05, 3.63) is 53.1 Å². The van der Waals surface area contributed by atoms with Gasteiger partial charge in [0.15, 0.2) is 21.3 Å². The number of rotatable bonds is 5. The highest BCUT2D eigenvalue weighted by molar-refractivity contribution is 7.90. The molecule has 0 fully saturated rings. The average molecular weight is 416 g/mol. The van der Waals surface area contributed by atoms with Crippen LogP contribution in [0.4, 0.5) is 0 Å². The van der Waals surface area contributed by atoms with E-state index >= 15 is 0 Å². The van der Waals surface area contributed by atoms with E-state index < -0.39 is 15.6 Å². The molecule has 4 rings (SSSR count). The molecule has 0 saturated heterocycles. The normalized spacial score (nSPS) is 18.1. The van der Waals surface area contributed by atoms with Crippen LogP contribution in [-0.4, -0.2) is 30.9 Å². The van der Waals surface area contributed by atoms with Gasteiger partial charge >= 0.3 is 0 Å². The number of aryl methyl sites for hydroxylation is 1. The summed E-state index contributed by atoms with van der Waals surface area (Å²) in [6.45, 7) is 9.73. The topological polar surface area (TPSA) is 55.8 Å². The van der Waals surface area contributed by atoms with Gasteiger partial charge in [-0.05, 0) is 61.6 Å². The van der Waals surface area contributed by atoms with E-state index in [1.807, 2.05) is 32.0 Å². The molecule has 6 heteroatoms. The molecule has 156 valence electrons. The van der Waals surface area contributed by atoms with Crippen molar-refractivity contribution in [1.29, 1.82) is 0 Å². The van der Waals surface area contributed by atoms with Gasteiger partial charge in [0.2, 0.25) is 5.79 Å². The molecular formula is C23H29NO4S. The minimum Gasteiger partial charge on any atom is -0.449 e. The molecule has 0 aromatic heterocycles. The van der Waals surface area contributed by atoms with Gasteiger partial charge < -0.3 is 9.47 Å². The Hall–Kier alpha value is -2.05. The molecule has 0 unspecified atom stereocenters. The molecule has 2 heterocycles. The van der Waals surface area contributed by atoms with Crippen molar-refractivity contribution in [3.63, 3.8) is 0 Å². The van der Waals surface area contributed by atoms with Gasteiger partial charge in [0.05, 0.1) is 4.90 Å². The van der Waals surface area contributed by atoms with Crippen molar-refractivity contribution in [1.82, 2.24) is 4.90 Å². The largest absolute Gasteiger partial charge is 0.449 e. The van der Waals surface area contributed by atoms with Crippen LogP contribution in [-0.2, 0) is 29.3 Å². The highest BCUT2D eigenvalue weighted by Gasteiger charge is 2.35. The second-order valence-electron chi connectivity index (χ2n) is 9.22. The highest BCUT2D eigenvalue weighted by atomic mass is 32.2. The zero-order valence-corrected chi connectivity index (χ0v) is 18.6. The Bertz CT molecular complexity index is 1060. The summed E-state index contributed by atoms with van der Waals surface area (Å²) in [7, 11) is -3.22. The van der Waals surface area contributed by atoms with Crippen LogP contribution in [0.15, 0.2) is 41.3 Å². The van der Waals surface area contributed by atoms with Crippen LogP contribution in [0.3, 0.4) is 0 Å². The van der Waals surface area contributed by atoms with E-state index in [0.29, 0.717) is 11.4 Å². The maximum atomic E-state index is 12.2. The Morgan fingerprint density at radius 1 is 1.07 bits per heavy atom. The van der Waals surface area contributed by atoms with E-state index in [9.17, 15) is 8.42 Å². The first kappa shape index (κ1) is 20.2. The molecular weight excluding hydrogens is 386 g/mol. The van der Waals surface area contributed by atoms with Gasteiger partial charge in [0, 0.05) is 38.7 Å². The summed E-state index contributed by atoms with van der Waals surface area (Å²) in [6, 6.07) is 11.8. The number of hydrogen-bond acceptors (Lipinski definition) is 5. The fraction of sp³-hybridized carbons (Fsp3) is 0.478. The predicted molar refractivity (Wildman–Crippen MR) is 113 cm³/mol. The molecule has 2 aromatic rings. The standard InChI is InChI=1S/C23H29NO4S/c1-22(2,12-11-16-9-10-19-20(13-16)28-23(3,4)27-19)24-14-17-7-6-8-21(18(17)15-24)29(5,25)26/h6-10,13H,11-12,14-15H2,1-5H3. The minimum atomic E-state index is -3.22. The molecule has 0 saturated carbocycles. The molecule has 0 spiro atoms. The van der Waals surface area contributed by atoms with Crippen molar-refractivity contribution in [2.75, 3.05) is 6.26 Å². The SMILES string of the molecule is CC1(C)Oc2ccc(CCC(C)(C)N3Cc4cccc(S(C)(=O)=O)c4C3)cc2O1. The van der Waals surface area contributed by atoms with E-state index in [-0.39, 0.29) is 5.54 Å². The Morgan fingerprint density at radius 2 is 1.79 bits per heavy atom. The zero-order chi connectivity index (χ0) is 21.0. The lowest BCUT2D eigenvalue weighted by atomic mass is 9.93. The fourth-order valence-electron chi connectivity index (χ4n) is 4.20. The summed E-state index contributed by atoms with van der Waals surface area (Å²) < 4.78 is 36.0. The van der Waals surface area contributed by atoms with Crippen LogP contribution in [0.5, 0.6) is 11.5 Å². The molecule has 2 aromatic carbocycles. The van der Waals surface area contributed by atoms with Gasteiger partial charge in [-0.25, -0.2) is 8.42 Å². The smallest absolute Gasteiger partial charge is 0.246 e. The summed E-state index contributed by atoms with van der Waals surface area (Å²) in [4.78, 5) is 2.84. The molecule has 0 N–H and O–H groups in total. The summed E-state index contributed by atoms with van der Waals surface area (Å²) in [5.74, 6) is 0.983. The molecule has 0 bridgehead atoms. The van der Waals surface area contributed by atoms with Crippen molar-refractivity contribution >= 4 is 9.84 Å². The first-order valence-electron chi connectivity index (χ1n) is 10.0. The Labute approximate surface area is 173 Å². The highest BCUT2D eigenvalue weighted by Crippen LogP contribution is 2.40.